The van der Waals surface area contributed by atoms with Crippen molar-refractivity contribution in [3.8, 4) is 0 Å². The molecule has 1 aliphatic rings. The first kappa shape index (κ1) is 19.2. The van der Waals surface area contributed by atoms with Crippen LogP contribution in [-0.2, 0) is 14.8 Å². The second kappa shape index (κ2) is 8.69. The predicted molar refractivity (Wildman–Crippen MR) is 87.9 cm³/mol. The highest BCUT2D eigenvalue weighted by atomic mass is 35.5. The van der Waals surface area contributed by atoms with Crippen molar-refractivity contribution in [2.24, 2.45) is 5.92 Å². The van der Waals surface area contributed by atoms with Crippen LogP contribution in [0.3, 0.4) is 0 Å². The summed E-state index contributed by atoms with van der Waals surface area (Å²) >= 11 is 5.76. The second-order valence-electron chi connectivity index (χ2n) is 4.93. The number of hydrogen-bond acceptors (Lipinski definition) is 4. The molecule has 1 saturated heterocycles. The van der Waals surface area contributed by atoms with Gasteiger partial charge < -0.3 is 10.6 Å². The van der Waals surface area contributed by atoms with Crippen molar-refractivity contribution in [2.45, 2.75) is 11.3 Å². The Morgan fingerprint density at radius 3 is 2.68 bits per heavy atom. The van der Waals surface area contributed by atoms with Crippen molar-refractivity contribution in [1.29, 1.82) is 0 Å². The highest BCUT2D eigenvalue weighted by Gasteiger charge is 2.18. The minimum absolute atomic E-state index is 0. The minimum atomic E-state index is -3.63. The summed E-state index contributed by atoms with van der Waals surface area (Å²) < 4.78 is 26.3. The Labute approximate surface area is 141 Å². The first-order valence-corrected chi connectivity index (χ1v) is 8.56. The van der Waals surface area contributed by atoms with Gasteiger partial charge in [-0.15, -0.1) is 12.4 Å². The molecule has 1 aromatic rings. The van der Waals surface area contributed by atoms with Gasteiger partial charge >= 0.3 is 0 Å². The van der Waals surface area contributed by atoms with E-state index in [4.69, 9.17) is 11.6 Å². The van der Waals surface area contributed by atoms with Crippen LogP contribution in [0.5, 0.6) is 0 Å². The molecule has 0 saturated carbocycles. The van der Waals surface area contributed by atoms with Crippen LogP contribution in [-0.4, -0.2) is 40.5 Å². The number of sulfonamides is 1. The van der Waals surface area contributed by atoms with Gasteiger partial charge in [-0.1, -0.05) is 17.7 Å². The lowest BCUT2D eigenvalue weighted by molar-refractivity contribution is -0.121. The summed E-state index contributed by atoms with van der Waals surface area (Å²) in [6.07, 6.45) is 0.111. The third-order valence-electron chi connectivity index (χ3n) is 3.20. The maximum Gasteiger partial charge on any atom is 0.240 e. The zero-order chi connectivity index (χ0) is 15.3. The van der Waals surface area contributed by atoms with Crippen molar-refractivity contribution in [3.63, 3.8) is 0 Å². The lowest BCUT2D eigenvalue weighted by atomic mass is 10.0. The van der Waals surface area contributed by atoms with E-state index in [-0.39, 0.29) is 36.2 Å². The summed E-state index contributed by atoms with van der Waals surface area (Å²) in [6.45, 7) is 2.53. The van der Waals surface area contributed by atoms with Gasteiger partial charge in [0.2, 0.25) is 15.9 Å². The molecule has 0 bridgehead atoms. The van der Waals surface area contributed by atoms with E-state index in [0.29, 0.717) is 17.5 Å². The van der Waals surface area contributed by atoms with Crippen LogP contribution in [0.2, 0.25) is 5.02 Å². The Balaban J connectivity index is 0.00000242. The van der Waals surface area contributed by atoms with Crippen molar-refractivity contribution in [3.05, 3.63) is 29.3 Å². The molecule has 2 rings (SSSR count). The van der Waals surface area contributed by atoms with Gasteiger partial charge in [0.05, 0.1) is 4.90 Å². The number of nitrogens with one attached hydrogen (secondary N) is 3. The number of rotatable bonds is 7. The van der Waals surface area contributed by atoms with Crippen LogP contribution in [0.15, 0.2) is 29.2 Å². The van der Waals surface area contributed by atoms with Crippen molar-refractivity contribution >= 4 is 39.9 Å². The fourth-order valence-corrected chi connectivity index (χ4v) is 3.19. The van der Waals surface area contributed by atoms with Crippen molar-refractivity contribution in [2.75, 3.05) is 26.2 Å². The van der Waals surface area contributed by atoms with Gasteiger partial charge in [0, 0.05) is 43.5 Å². The molecular formula is C13H19Cl2N3O3S. The highest BCUT2D eigenvalue weighted by Crippen LogP contribution is 2.14. The second-order valence-corrected chi connectivity index (χ2v) is 7.14. The summed E-state index contributed by atoms with van der Waals surface area (Å²) in [4.78, 5) is 11.7. The Hall–Kier alpha value is -0.860. The average Bonchev–Trinajstić information content (AvgIpc) is 2.36. The molecule has 1 fully saturated rings. The van der Waals surface area contributed by atoms with Crippen LogP contribution in [0.4, 0.5) is 0 Å². The molecular weight excluding hydrogens is 349 g/mol. The van der Waals surface area contributed by atoms with Gasteiger partial charge in [0.1, 0.15) is 0 Å². The van der Waals surface area contributed by atoms with E-state index in [2.05, 4.69) is 15.4 Å². The van der Waals surface area contributed by atoms with E-state index in [1.807, 2.05) is 0 Å². The van der Waals surface area contributed by atoms with Gasteiger partial charge in [-0.2, -0.15) is 0 Å². The predicted octanol–water partition coefficient (Wildman–Crippen LogP) is 0.766. The van der Waals surface area contributed by atoms with Crippen molar-refractivity contribution < 1.29 is 13.2 Å². The summed E-state index contributed by atoms with van der Waals surface area (Å²) in [7, 11) is -3.63. The standard InChI is InChI=1S/C13H18ClN3O3S.ClH/c14-11-2-1-3-12(6-11)21(19,20)17-5-4-13(18)16-9-10-7-15-8-10;/h1-3,6,10,15,17H,4-5,7-9H2,(H,16,18);1H. The summed E-state index contributed by atoms with van der Waals surface area (Å²) in [5, 5.41) is 6.25. The molecule has 0 radical (unpaired) electrons. The zero-order valence-corrected chi connectivity index (χ0v) is 14.2. The monoisotopic (exact) mass is 367 g/mol. The smallest absolute Gasteiger partial charge is 0.240 e. The Kier molecular flexibility index (Phi) is 7.58. The van der Waals surface area contributed by atoms with Crippen LogP contribution >= 0.6 is 24.0 Å². The molecule has 3 N–H and O–H groups in total. The number of benzene rings is 1. The number of hydrogen-bond donors (Lipinski definition) is 3. The third-order valence-corrected chi connectivity index (χ3v) is 4.90. The largest absolute Gasteiger partial charge is 0.356 e. The van der Waals surface area contributed by atoms with Crippen LogP contribution in [0.1, 0.15) is 6.42 Å². The minimum Gasteiger partial charge on any atom is -0.356 e. The lowest BCUT2D eigenvalue weighted by Crippen LogP contribution is -2.48. The fraction of sp³-hybridized carbons (Fsp3) is 0.462. The third kappa shape index (κ3) is 5.73. The number of halogens is 2. The summed E-state index contributed by atoms with van der Waals surface area (Å²) in [6, 6.07) is 5.99. The molecule has 124 valence electrons. The first-order valence-electron chi connectivity index (χ1n) is 6.70. The molecule has 22 heavy (non-hydrogen) atoms. The summed E-state index contributed by atoms with van der Waals surface area (Å²) in [5.41, 5.74) is 0. The van der Waals surface area contributed by atoms with Crippen LogP contribution in [0, 0.1) is 5.92 Å². The molecule has 0 spiro atoms. The molecule has 1 aromatic carbocycles. The molecule has 6 nitrogen and oxygen atoms in total. The van der Waals surface area contributed by atoms with Crippen molar-refractivity contribution in [1.82, 2.24) is 15.4 Å². The number of carbonyl (C=O) groups excluding carboxylic acids is 1. The highest BCUT2D eigenvalue weighted by molar-refractivity contribution is 7.89. The average molecular weight is 368 g/mol. The topological polar surface area (TPSA) is 87.3 Å². The fourth-order valence-electron chi connectivity index (χ4n) is 1.86. The van der Waals surface area contributed by atoms with E-state index in [1.54, 1.807) is 12.1 Å². The van der Waals surface area contributed by atoms with Gasteiger partial charge in [-0.05, 0) is 18.2 Å². The van der Waals surface area contributed by atoms with Gasteiger partial charge in [0.15, 0.2) is 0 Å². The molecule has 1 aliphatic heterocycles. The Bertz CT molecular complexity index is 606. The number of amides is 1. The Morgan fingerprint density at radius 2 is 2.09 bits per heavy atom. The van der Waals surface area contributed by atoms with E-state index in [1.165, 1.54) is 12.1 Å². The molecule has 9 heteroatoms. The normalized spacial score (nSPS) is 14.8. The lowest BCUT2D eigenvalue weighted by Gasteiger charge is -2.27. The van der Waals surface area contributed by atoms with E-state index >= 15 is 0 Å². The molecule has 1 amide bonds. The van der Waals surface area contributed by atoms with Gasteiger partial charge in [0.25, 0.3) is 0 Å². The Morgan fingerprint density at radius 1 is 1.36 bits per heavy atom. The molecule has 0 aromatic heterocycles. The molecule has 0 atom stereocenters. The van der Waals surface area contributed by atoms with Gasteiger partial charge in [-0.3, -0.25) is 4.79 Å². The van der Waals surface area contributed by atoms with E-state index in [9.17, 15) is 13.2 Å². The van der Waals surface area contributed by atoms with E-state index in [0.717, 1.165) is 13.1 Å². The first-order chi connectivity index (χ1) is 9.97. The van der Waals surface area contributed by atoms with Crippen LogP contribution < -0.4 is 15.4 Å². The number of carbonyl (C=O) groups is 1. The SMILES string of the molecule is Cl.O=C(CCNS(=O)(=O)c1cccc(Cl)c1)NCC1CNC1. The van der Waals surface area contributed by atoms with E-state index < -0.39 is 10.0 Å². The molecule has 0 unspecified atom stereocenters. The molecule has 1 heterocycles. The summed E-state index contributed by atoms with van der Waals surface area (Å²) in [5.74, 6) is 0.327. The van der Waals surface area contributed by atoms with Gasteiger partial charge in [-0.25, -0.2) is 13.1 Å². The quantitative estimate of drug-likeness (QED) is 0.663. The maximum atomic E-state index is 12.0. The maximum absolute atomic E-state index is 12.0. The molecule has 0 aliphatic carbocycles. The van der Waals surface area contributed by atoms with Crippen LogP contribution in [0.25, 0.3) is 0 Å². The zero-order valence-electron chi connectivity index (χ0n) is 11.8.